The third-order valence-corrected chi connectivity index (χ3v) is 1.76. The quantitative estimate of drug-likeness (QED) is 0.658. The molecular weight excluding hydrogens is 148 g/mol. The molecular formula is C11H12O. The highest BCUT2D eigenvalue weighted by Crippen LogP contribution is 2.17. The van der Waals surface area contributed by atoms with Gasteiger partial charge in [-0.05, 0) is 24.1 Å². The SMILES string of the molecule is C#Cc1cc(CCC)ccc1O. The van der Waals surface area contributed by atoms with Crippen molar-refractivity contribution in [1.82, 2.24) is 0 Å². The van der Waals surface area contributed by atoms with Gasteiger partial charge in [-0.3, -0.25) is 0 Å². The summed E-state index contributed by atoms with van der Waals surface area (Å²) in [4.78, 5) is 0. The first-order valence-corrected chi connectivity index (χ1v) is 4.06. The zero-order chi connectivity index (χ0) is 8.97. The summed E-state index contributed by atoms with van der Waals surface area (Å²) in [7, 11) is 0. The smallest absolute Gasteiger partial charge is 0.131 e. The van der Waals surface area contributed by atoms with Crippen LogP contribution in [0.5, 0.6) is 5.75 Å². The molecule has 1 aromatic carbocycles. The summed E-state index contributed by atoms with van der Waals surface area (Å²) in [6.07, 6.45) is 7.31. The standard InChI is InChI=1S/C11H12O/c1-3-5-9-6-7-11(12)10(4-2)8-9/h2,6-8,12H,3,5H2,1H3. The number of hydrogen-bond donors (Lipinski definition) is 1. The highest BCUT2D eigenvalue weighted by Gasteiger charge is 1.98. The van der Waals surface area contributed by atoms with Crippen LogP contribution in [-0.2, 0) is 6.42 Å². The maximum absolute atomic E-state index is 9.26. The molecule has 1 nitrogen and oxygen atoms in total. The first-order valence-electron chi connectivity index (χ1n) is 4.06. The van der Waals surface area contributed by atoms with E-state index in [9.17, 15) is 5.11 Å². The molecule has 0 radical (unpaired) electrons. The van der Waals surface area contributed by atoms with Crippen LogP contribution >= 0.6 is 0 Å². The second-order valence-corrected chi connectivity index (χ2v) is 2.75. The minimum Gasteiger partial charge on any atom is -0.507 e. The number of phenolic OH excluding ortho intramolecular Hbond substituents is 1. The minimum atomic E-state index is 0.192. The van der Waals surface area contributed by atoms with Crippen molar-refractivity contribution in [2.24, 2.45) is 0 Å². The van der Waals surface area contributed by atoms with Gasteiger partial charge in [-0.2, -0.15) is 0 Å². The van der Waals surface area contributed by atoms with E-state index in [2.05, 4.69) is 12.8 Å². The highest BCUT2D eigenvalue weighted by molar-refractivity contribution is 5.46. The van der Waals surface area contributed by atoms with Gasteiger partial charge in [0.2, 0.25) is 0 Å². The summed E-state index contributed by atoms with van der Waals surface area (Å²) in [5.41, 5.74) is 1.77. The second kappa shape index (κ2) is 3.82. The maximum atomic E-state index is 9.26. The molecule has 0 heterocycles. The molecule has 1 N–H and O–H groups in total. The van der Waals surface area contributed by atoms with Crippen LogP contribution in [-0.4, -0.2) is 5.11 Å². The zero-order valence-corrected chi connectivity index (χ0v) is 7.17. The Hall–Kier alpha value is -1.42. The predicted octanol–water partition coefficient (Wildman–Crippen LogP) is 2.33. The normalized spacial score (nSPS) is 9.33. The molecule has 0 spiro atoms. The fourth-order valence-corrected chi connectivity index (χ4v) is 1.14. The summed E-state index contributed by atoms with van der Waals surface area (Å²) in [5, 5.41) is 9.26. The molecule has 0 saturated heterocycles. The molecule has 0 aromatic heterocycles. The van der Waals surface area contributed by atoms with Crippen LogP contribution in [0.1, 0.15) is 24.5 Å². The molecule has 12 heavy (non-hydrogen) atoms. The summed E-state index contributed by atoms with van der Waals surface area (Å²) < 4.78 is 0. The van der Waals surface area contributed by atoms with Gasteiger partial charge in [0.15, 0.2) is 0 Å². The van der Waals surface area contributed by atoms with Gasteiger partial charge in [-0.15, -0.1) is 6.42 Å². The Morgan fingerprint density at radius 3 is 2.83 bits per heavy atom. The van der Waals surface area contributed by atoms with E-state index in [0.717, 1.165) is 12.8 Å². The molecule has 0 atom stereocenters. The minimum absolute atomic E-state index is 0.192. The number of hydrogen-bond acceptors (Lipinski definition) is 1. The molecule has 1 heteroatoms. The number of aromatic hydroxyl groups is 1. The van der Waals surface area contributed by atoms with Crippen molar-refractivity contribution in [3.63, 3.8) is 0 Å². The Kier molecular flexibility index (Phi) is 2.76. The number of rotatable bonds is 2. The van der Waals surface area contributed by atoms with Crippen molar-refractivity contribution < 1.29 is 5.11 Å². The molecule has 0 aliphatic rings. The largest absolute Gasteiger partial charge is 0.507 e. The van der Waals surface area contributed by atoms with Crippen LogP contribution in [0.3, 0.4) is 0 Å². The van der Waals surface area contributed by atoms with Crippen molar-refractivity contribution >= 4 is 0 Å². The first-order chi connectivity index (χ1) is 5.77. The lowest BCUT2D eigenvalue weighted by atomic mass is 10.1. The van der Waals surface area contributed by atoms with Crippen molar-refractivity contribution in [2.75, 3.05) is 0 Å². The Labute approximate surface area is 73.0 Å². The Morgan fingerprint density at radius 1 is 1.50 bits per heavy atom. The van der Waals surface area contributed by atoms with Gasteiger partial charge in [0, 0.05) is 0 Å². The van der Waals surface area contributed by atoms with E-state index in [1.54, 1.807) is 6.07 Å². The fourth-order valence-electron chi connectivity index (χ4n) is 1.14. The van der Waals surface area contributed by atoms with Crippen LogP contribution in [0.25, 0.3) is 0 Å². The molecule has 1 rings (SSSR count). The van der Waals surface area contributed by atoms with Crippen molar-refractivity contribution in [1.29, 1.82) is 0 Å². The van der Waals surface area contributed by atoms with Crippen LogP contribution < -0.4 is 0 Å². The molecule has 0 bridgehead atoms. The average Bonchev–Trinajstić information content (AvgIpc) is 2.09. The topological polar surface area (TPSA) is 20.2 Å². The third-order valence-electron chi connectivity index (χ3n) is 1.76. The van der Waals surface area contributed by atoms with E-state index in [1.165, 1.54) is 5.56 Å². The predicted molar refractivity (Wildman–Crippen MR) is 50.0 cm³/mol. The molecule has 0 aliphatic carbocycles. The van der Waals surface area contributed by atoms with E-state index in [1.807, 2.05) is 12.1 Å². The molecule has 62 valence electrons. The third kappa shape index (κ3) is 1.79. The highest BCUT2D eigenvalue weighted by atomic mass is 16.3. The van der Waals surface area contributed by atoms with Gasteiger partial charge in [0.25, 0.3) is 0 Å². The first kappa shape index (κ1) is 8.67. The lowest BCUT2D eigenvalue weighted by Crippen LogP contribution is -1.84. The number of phenols is 1. The van der Waals surface area contributed by atoms with Crippen molar-refractivity contribution in [3.05, 3.63) is 29.3 Å². The number of terminal acetylenes is 1. The monoisotopic (exact) mass is 160 g/mol. The Balaban J connectivity index is 2.99. The second-order valence-electron chi connectivity index (χ2n) is 2.75. The van der Waals surface area contributed by atoms with Gasteiger partial charge in [-0.1, -0.05) is 25.3 Å². The van der Waals surface area contributed by atoms with E-state index in [-0.39, 0.29) is 5.75 Å². The Morgan fingerprint density at radius 2 is 2.25 bits per heavy atom. The fraction of sp³-hybridized carbons (Fsp3) is 0.273. The van der Waals surface area contributed by atoms with Crippen LogP contribution in [0, 0.1) is 12.3 Å². The lowest BCUT2D eigenvalue weighted by molar-refractivity contribution is 0.473. The average molecular weight is 160 g/mol. The Bertz CT molecular complexity index is 307. The van der Waals surface area contributed by atoms with E-state index < -0.39 is 0 Å². The van der Waals surface area contributed by atoms with E-state index in [4.69, 9.17) is 6.42 Å². The molecule has 0 fully saturated rings. The summed E-state index contributed by atoms with van der Waals surface area (Å²) >= 11 is 0. The zero-order valence-electron chi connectivity index (χ0n) is 7.17. The van der Waals surface area contributed by atoms with Crippen LogP contribution in [0.15, 0.2) is 18.2 Å². The summed E-state index contributed by atoms with van der Waals surface area (Å²) in [5.74, 6) is 2.64. The number of aryl methyl sites for hydroxylation is 1. The van der Waals surface area contributed by atoms with Crippen LogP contribution in [0.2, 0.25) is 0 Å². The molecule has 1 aromatic rings. The molecule has 0 aliphatic heterocycles. The summed E-state index contributed by atoms with van der Waals surface area (Å²) in [6, 6.07) is 5.42. The van der Waals surface area contributed by atoms with Gasteiger partial charge in [-0.25, -0.2) is 0 Å². The maximum Gasteiger partial charge on any atom is 0.131 e. The van der Waals surface area contributed by atoms with Gasteiger partial charge in [0.05, 0.1) is 5.56 Å². The lowest BCUT2D eigenvalue weighted by Gasteiger charge is -2.01. The van der Waals surface area contributed by atoms with E-state index in [0.29, 0.717) is 5.56 Å². The molecule has 0 saturated carbocycles. The van der Waals surface area contributed by atoms with Crippen LogP contribution in [0.4, 0.5) is 0 Å². The molecule has 0 unspecified atom stereocenters. The number of benzene rings is 1. The van der Waals surface area contributed by atoms with E-state index >= 15 is 0 Å². The van der Waals surface area contributed by atoms with Gasteiger partial charge in [0.1, 0.15) is 5.75 Å². The van der Waals surface area contributed by atoms with Gasteiger partial charge >= 0.3 is 0 Å². The van der Waals surface area contributed by atoms with Crippen molar-refractivity contribution in [2.45, 2.75) is 19.8 Å². The van der Waals surface area contributed by atoms with Crippen molar-refractivity contribution in [3.8, 4) is 18.1 Å². The molecule has 0 amide bonds. The summed E-state index contributed by atoms with van der Waals surface area (Å²) in [6.45, 7) is 2.11. The van der Waals surface area contributed by atoms with Gasteiger partial charge < -0.3 is 5.11 Å².